The number of ether oxygens (including phenoxy) is 2. The van der Waals surface area contributed by atoms with Crippen molar-refractivity contribution >= 4 is 0 Å². The first-order valence-electron chi connectivity index (χ1n) is 5.61. The molecule has 2 saturated heterocycles. The van der Waals surface area contributed by atoms with E-state index in [2.05, 4.69) is 10.2 Å². The van der Waals surface area contributed by atoms with Crippen LogP contribution in [0.5, 0.6) is 0 Å². The molecule has 0 unspecified atom stereocenters. The number of hydrogen-bond acceptors (Lipinski definition) is 4. The average molecular weight is 200 g/mol. The summed E-state index contributed by atoms with van der Waals surface area (Å²) in [6.07, 6.45) is 2.11. The second-order valence-electron chi connectivity index (χ2n) is 3.91. The highest BCUT2D eigenvalue weighted by molar-refractivity contribution is 4.68. The average Bonchev–Trinajstić information content (AvgIpc) is 2.29. The van der Waals surface area contributed by atoms with E-state index in [0.717, 1.165) is 58.8 Å². The molecule has 2 rings (SSSR count). The largest absolute Gasteiger partial charge is 0.353 e. The first kappa shape index (κ1) is 10.4. The fourth-order valence-corrected chi connectivity index (χ4v) is 1.93. The van der Waals surface area contributed by atoms with Gasteiger partial charge in [0.15, 0.2) is 6.29 Å². The van der Waals surface area contributed by atoms with Crippen molar-refractivity contribution in [3.8, 4) is 0 Å². The summed E-state index contributed by atoms with van der Waals surface area (Å²) < 4.78 is 11.0. The van der Waals surface area contributed by atoms with E-state index in [1.165, 1.54) is 0 Å². The molecular weight excluding hydrogens is 180 g/mol. The van der Waals surface area contributed by atoms with Gasteiger partial charge in [-0.15, -0.1) is 0 Å². The summed E-state index contributed by atoms with van der Waals surface area (Å²) in [7, 11) is 0. The summed E-state index contributed by atoms with van der Waals surface area (Å²) in [5.74, 6) is 0. The highest BCUT2D eigenvalue weighted by atomic mass is 16.7. The lowest BCUT2D eigenvalue weighted by Crippen LogP contribution is -2.44. The summed E-state index contributed by atoms with van der Waals surface area (Å²) in [6.45, 7) is 7.39. The molecule has 0 bridgehead atoms. The number of piperazine rings is 1. The van der Waals surface area contributed by atoms with E-state index >= 15 is 0 Å². The van der Waals surface area contributed by atoms with Crippen LogP contribution in [0.4, 0.5) is 0 Å². The zero-order valence-corrected chi connectivity index (χ0v) is 8.71. The van der Waals surface area contributed by atoms with Crippen molar-refractivity contribution in [3.63, 3.8) is 0 Å². The molecule has 4 heteroatoms. The third-order valence-corrected chi connectivity index (χ3v) is 2.79. The van der Waals surface area contributed by atoms with Crippen molar-refractivity contribution in [2.75, 3.05) is 45.9 Å². The van der Waals surface area contributed by atoms with Gasteiger partial charge < -0.3 is 19.7 Å². The van der Waals surface area contributed by atoms with Crippen LogP contribution < -0.4 is 5.32 Å². The number of nitrogens with one attached hydrogen (secondary N) is 1. The number of rotatable bonds is 3. The van der Waals surface area contributed by atoms with E-state index in [-0.39, 0.29) is 6.29 Å². The maximum absolute atomic E-state index is 5.50. The van der Waals surface area contributed by atoms with Gasteiger partial charge in [-0.3, -0.25) is 0 Å². The summed E-state index contributed by atoms with van der Waals surface area (Å²) in [5, 5.41) is 3.35. The molecule has 2 aliphatic rings. The van der Waals surface area contributed by atoms with E-state index in [4.69, 9.17) is 9.47 Å². The van der Waals surface area contributed by atoms with Crippen LogP contribution in [-0.2, 0) is 9.47 Å². The Morgan fingerprint density at radius 1 is 1.14 bits per heavy atom. The Hall–Kier alpha value is -0.160. The summed E-state index contributed by atoms with van der Waals surface area (Å²) in [5.41, 5.74) is 0. The van der Waals surface area contributed by atoms with Crippen LogP contribution in [-0.4, -0.2) is 57.1 Å². The van der Waals surface area contributed by atoms with E-state index < -0.39 is 0 Å². The molecule has 0 aromatic rings. The maximum Gasteiger partial charge on any atom is 0.158 e. The minimum atomic E-state index is 0.0543. The second-order valence-corrected chi connectivity index (χ2v) is 3.91. The minimum Gasteiger partial charge on any atom is -0.353 e. The molecule has 0 saturated carbocycles. The number of nitrogens with zero attached hydrogens (tertiary/aromatic N) is 1. The highest BCUT2D eigenvalue weighted by Gasteiger charge is 2.16. The molecule has 2 fully saturated rings. The Kier molecular flexibility index (Phi) is 4.19. The molecule has 0 aromatic carbocycles. The van der Waals surface area contributed by atoms with Crippen LogP contribution in [0.3, 0.4) is 0 Å². The summed E-state index contributed by atoms with van der Waals surface area (Å²) in [4.78, 5) is 2.47. The zero-order valence-electron chi connectivity index (χ0n) is 8.71. The Bertz CT molecular complexity index is 136. The highest BCUT2D eigenvalue weighted by Crippen LogP contribution is 2.09. The van der Waals surface area contributed by atoms with Crippen LogP contribution in [0.25, 0.3) is 0 Å². The molecule has 0 spiro atoms. The van der Waals surface area contributed by atoms with Crippen LogP contribution in [0, 0.1) is 0 Å². The summed E-state index contributed by atoms with van der Waals surface area (Å²) in [6, 6.07) is 0. The van der Waals surface area contributed by atoms with E-state index in [1.807, 2.05) is 0 Å². The molecule has 2 heterocycles. The Morgan fingerprint density at radius 2 is 1.86 bits per heavy atom. The van der Waals surface area contributed by atoms with Gasteiger partial charge in [0.2, 0.25) is 0 Å². The SMILES string of the molecule is C1COC(CCN2CCNCC2)OC1. The van der Waals surface area contributed by atoms with E-state index in [1.54, 1.807) is 0 Å². The smallest absolute Gasteiger partial charge is 0.158 e. The minimum absolute atomic E-state index is 0.0543. The molecule has 0 amide bonds. The van der Waals surface area contributed by atoms with Gasteiger partial charge in [-0.05, 0) is 6.42 Å². The quantitative estimate of drug-likeness (QED) is 0.697. The maximum atomic E-state index is 5.50. The lowest BCUT2D eigenvalue weighted by Gasteiger charge is -2.30. The topological polar surface area (TPSA) is 33.7 Å². The first-order chi connectivity index (χ1) is 6.95. The van der Waals surface area contributed by atoms with Gasteiger partial charge in [-0.2, -0.15) is 0 Å². The van der Waals surface area contributed by atoms with Gasteiger partial charge in [0.1, 0.15) is 0 Å². The molecule has 2 aliphatic heterocycles. The first-order valence-corrected chi connectivity index (χ1v) is 5.61. The van der Waals surface area contributed by atoms with Crippen LogP contribution >= 0.6 is 0 Å². The fourth-order valence-electron chi connectivity index (χ4n) is 1.93. The van der Waals surface area contributed by atoms with Gasteiger partial charge in [0.05, 0.1) is 13.2 Å². The molecular formula is C10H20N2O2. The van der Waals surface area contributed by atoms with Gasteiger partial charge in [0.25, 0.3) is 0 Å². The zero-order chi connectivity index (χ0) is 9.64. The van der Waals surface area contributed by atoms with Crippen molar-refractivity contribution < 1.29 is 9.47 Å². The Balaban J connectivity index is 1.60. The van der Waals surface area contributed by atoms with Gasteiger partial charge in [-0.25, -0.2) is 0 Å². The predicted octanol–water partition coefficient (Wildman–Crippen LogP) is 0.0447. The van der Waals surface area contributed by atoms with Crippen molar-refractivity contribution in [3.05, 3.63) is 0 Å². The Labute approximate surface area is 85.5 Å². The van der Waals surface area contributed by atoms with Crippen molar-refractivity contribution in [2.45, 2.75) is 19.1 Å². The third-order valence-electron chi connectivity index (χ3n) is 2.79. The van der Waals surface area contributed by atoms with Crippen LogP contribution in [0.15, 0.2) is 0 Å². The molecule has 14 heavy (non-hydrogen) atoms. The molecule has 0 aromatic heterocycles. The second kappa shape index (κ2) is 5.66. The van der Waals surface area contributed by atoms with Crippen molar-refractivity contribution in [2.24, 2.45) is 0 Å². The third kappa shape index (κ3) is 3.20. The monoisotopic (exact) mass is 200 g/mol. The van der Waals surface area contributed by atoms with E-state index in [9.17, 15) is 0 Å². The van der Waals surface area contributed by atoms with Gasteiger partial charge in [0, 0.05) is 39.1 Å². The molecule has 0 radical (unpaired) electrons. The molecule has 0 atom stereocenters. The van der Waals surface area contributed by atoms with Crippen LogP contribution in [0.2, 0.25) is 0 Å². The molecule has 4 nitrogen and oxygen atoms in total. The normalized spacial score (nSPS) is 26.6. The fraction of sp³-hybridized carbons (Fsp3) is 1.00. The predicted molar refractivity (Wildman–Crippen MR) is 54.2 cm³/mol. The standard InChI is InChI=1S/C10H20N2O2/c1-8-13-10(14-9-1)2-5-12-6-3-11-4-7-12/h10-11H,1-9H2. The van der Waals surface area contributed by atoms with Gasteiger partial charge >= 0.3 is 0 Å². The Morgan fingerprint density at radius 3 is 2.57 bits per heavy atom. The van der Waals surface area contributed by atoms with Crippen LogP contribution in [0.1, 0.15) is 12.8 Å². The van der Waals surface area contributed by atoms with E-state index in [0.29, 0.717) is 0 Å². The molecule has 82 valence electrons. The van der Waals surface area contributed by atoms with Crippen molar-refractivity contribution in [1.82, 2.24) is 10.2 Å². The molecule has 1 N–H and O–H groups in total. The lowest BCUT2D eigenvalue weighted by molar-refractivity contribution is -0.182. The molecule has 0 aliphatic carbocycles. The lowest BCUT2D eigenvalue weighted by atomic mass is 10.3. The summed E-state index contributed by atoms with van der Waals surface area (Å²) >= 11 is 0. The van der Waals surface area contributed by atoms with Crippen molar-refractivity contribution in [1.29, 1.82) is 0 Å². The van der Waals surface area contributed by atoms with Gasteiger partial charge in [-0.1, -0.05) is 0 Å². The number of hydrogen-bond donors (Lipinski definition) is 1.